The lowest BCUT2D eigenvalue weighted by Crippen LogP contribution is -2.59. The normalized spacial score (nSPS) is 56.4. The summed E-state index contributed by atoms with van der Waals surface area (Å²) in [5.41, 5.74) is -0.107. The lowest BCUT2D eigenvalue weighted by molar-refractivity contribution is -0.283. The van der Waals surface area contributed by atoms with Crippen LogP contribution >= 0.6 is 0 Å². The lowest BCUT2D eigenvalue weighted by Gasteiger charge is -2.60. The van der Waals surface area contributed by atoms with Gasteiger partial charge in [-0.3, -0.25) is 9.59 Å². The average molecular weight is 473 g/mol. The van der Waals surface area contributed by atoms with Gasteiger partial charge in [0.15, 0.2) is 5.79 Å². The Morgan fingerprint density at radius 3 is 2.50 bits per heavy atom. The van der Waals surface area contributed by atoms with Crippen molar-refractivity contribution in [3.8, 4) is 0 Å². The van der Waals surface area contributed by atoms with Gasteiger partial charge < -0.3 is 14.2 Å². The quantitative estimate of drug-likeness (QED) is 0.469. The Bertz CT molecular complexity index is 861. The summed E-state index contributed by atoms with van der Waals surface area (Å²) < 4.78 is 19.5. The predicted octanol–water partition coefficient (Wildman–Crippen LogP) is 5.54. The third-order valence-electron chi connectivity index (χ3n) is 11.8. The highest BCUT2D eigenvalue weighted by Crippen LogP contribution is 2.71. The van der Waals surface area contributed by atoms with E-state index in [1.54, 1.807) is 0 Å². The smallest absolute Gasteiger partial charge is 0.303 e. The van der Waals surface area contributed by atoms with Gasteiger partial charge in [0.25, 0.3) is 0 Å². The minimum absolute atomic E-state index is 0.106. The average Bonchev–Trinajstić information content (AvgIpc) is 3.18. The summed E-state index contributed by atoms with van der Waals surface area (Å²) in [6.07, 6.45) is 9.39. The van der Waals surface area contributed by atoms with Crippen LogP contribution in [0, 0.1) is 52.3 Å². The largest absolute Gasteiger partial charge is 0.459 e. The molecule has 6 aliphatic rings. The molecule has 0 bridgehead atoms. The van der Waals surface area contributed by atoms with Crippen molar-refractivity contribution in [2.45, 2.75) is 110 Å². The molecule has 0 aromatic carbocycles. The molecule has 12 atom stereocenters. The number of hydrogen-bond acceptors (Lipinski definition) is 5. The molecule has 0 aromatic rings. The van der Waals surface area contributed by atoms with Crippen LogP contribution in [0.25, 0.3) is 0 Å². The van der Waals surface area contributed by atoms with Crippen molar-refractivity contribution < 1.29 is 23.8 Å². The lowest BCUT2D eigenvalue weighted by atomic mass is 9.44. The SMILES string of the molecule is CC(=O)OC1[C@@H]2O[C@]3(CC[C@@H](C)CO3)[C@@H](C)[C@@H]2[C@@]2(C)CC(=O)[C@H]3[C@@H](CCC4CCCC[C@@]43C)[C@H]12. The van der Waals surface area contributed by atoms with Crippen molar-refractivity contribution in [2.75, 3.05) is 6.61 Å². The van der Waals surface area contributed by atoms with E-state index < -0.39 is 5.79 Å². The number of rotatable bonds is 1. The molecule has 2 saturated heterocycles. The summed E-state index contributed by atoms with van der Waals surface area (Å²) >= 11 is 0. The molecule has 0 radical (unpaired) electrons. The molecule has 34 heavy (non-hydrogen) atoms. The zero-order valence-corrected chi connectivity index (χ0v) is 21.8. The molecule has 2 heterocycles. The fourth-order valence-corrected chi connectivity index (χ4v) is 10.5. The number of fused-ring (bicyclic) bond motifs is 7. The Labute approximate surface area is 205 Å². The van der Waals surface area contributed by atoms with Crippen molar-refractivity contribution in [1.29, 1.82) is 0 Å². The highest BCUT2D eigenvalue weighted by Gasteiger charge is 2.74. The van der Waals surface area contributed by atoms with Gasteiger partial charge >= 0.3 is 5.97 Å². The Morgan fingerprint density at radius 2 is 1.79 bits per heavy atom. The van der Waals surface area contributed by atoms with Gasteiger partial charge in [0.05, 0.1) is 6.61 Å². The van der Waals surface area contributed by atoms with E-state index in [4.69, 9.17) is 14.2 Å². The van der Waals surface area contributed by atoms with E-state index in [1.807, 2.05) is 0 Å². The summed E-state index contributed by atoms with van der Waals surface area (Å²) in [6.45, 7) is 11.5. The van der Waals surface area contributed by atoms with E-state index in [2.05, 4.69) is 27.7 Å². The summed E-state index contributed by atoms with van der Waals surface area (Å²) in [5.74, 6) is 1.81. The van der Waals surface area contributed by atoms with Crippen LogP contribution in [0.15, 0.2) is 0 Å². The highest BCUT2D eigenvalue weighted by atomic mass is 16.7. The molecule has 1 spiro atoms. The first-order valence-corrected chi connectivity index (χ1v) is 14.1. The van der Waals surface area contributed by atoms with Gasteiger partial charge in [0.1, 0.15) is 18.0 Å². The number of carbonyl (C=O) groups excluding carboxylic acids is 2. The monoisotopic (exact) mass is 472 g/mol. The van der Waals surface area contributed by atoms with Crippen LogP contribution in [-0.4, -0.2) is 36.4 Å². The topological polar surface area (TPSA) is 61.8 Å². The van der Waals surface area contributed by atoms with Crippen LogP contribution in [0.3, 0.4) is 0 Å². The van der Waals surface area contributed by atoms with Crippen LogP contribution in [0.2, 0.25) is 0 Å². The van der Waals surface area contributed by atoms with E-state index in [0.29, 0.717) is 36.6 Å². The Morgan fingerprint density at radius 1 is 1.00 bits per heavy atom. The van der Waals surface area contributed by atoms with E-state index in [1.165, 1.54) is 39.0 Å². The number of esters is 1. The van der Waals surface area contributed by atoms with Crippen molar-refractivity contribution in [3.05, 3.63) is 0 Å². The second-order valence-electron chi connectivity index (χ2n) is 13.6. The molecule has 0 aromatic heterocycles. The predicted molar refractivity (Wildman–Crippen MR) is 128 cm³/mol. The molecule has 0 amide bonds. The first-order chi connectivity index (χ1) is 16.1. The van der Waals surface area contributed by atoms with Crippen molar-refractivity contribution >= 4 is 11.8 Å². The summed E-state index contributed by atoms with van der Waals surface area (Å²) in [5, 5.41) is 0. The number of ketones is 1. The molecule has 6 fully saturated rings. The maximum Gasteiger partial charge on any atom is 0.303 e. The Balaban J connectivity index is 1.40. The fraction of sp³-hybridized carbons (Fsp3) is 0.931. The Hall–Kier alpha value is -0.940. The molecule has 4 saturated carbocycles. The molecule has 0 N–H and O–H groups in total. The maximum atomic E-state index is 14.1. The first-order valence-electron chi connectivity index (χ1n) is 14.1. The third-order valence-corrected chi connectivity index (χ3v) is 11.8. The number of Topliss-reactive ketones (excluding diaryl/α,β-unsaturated/α-hetero) is 1. The minimum atomic E-state index is -0.596. The molecule has 2 unspecified atom stereocenters. The first kappa shape index (κ1) is 23.5. The number of hydrogen-bond donors (Lipinski definition) is 0. The molecular weight excluding hydrogens is 428 g/mol. The highest BCUT2D eigenvalue weighted by molar-refractivity contribution is 5.84. The summed E-state index contributed by atoms with van der Waals surface area (Å²) in [4.78, 5) is 26.5. The molecule has 5 nitrogen and oxygen atoms in total. The summed E-state index contributed by atoms with van der Waals surface area (Å²) in [7, 11) is 0. The number of carbonyl (C=O) groups is 2. The van der Waals surface area contributed by atoms with Gasteiger partial charge in [-0.1, -0.05) is 40.5 Å². The van der Waals surface area contributed by atoms with E-state index >= 15 is 0 Å². The van der Waals surface area contributed by atoms with Gasteiger partial charge in [-0.2, -0.15) is 0 Å². The van der Waals surface area contributed by atoms with Gasteiger partial charge in [-0.15, -0.1) is 0 Å². The van der Waals surface area contributed by atoms with Crippen LogP contribution in [0.5, 0.6) is 0 Å². The zero-order chi connectivity index (χ0) is 24.0. The molecule has 4 aliphatic carbocycles. The second-order valence-corrected chi connectivity index (χ2v) is 13.6. The second kappa shape index (κ2) is 7.78. The van der Waals surface area contributed by atoms with E-state index in [0.717, 1.165) is 19.3 Å². The van der Waals surface area contributed by atoms with Crippen LogP contribution in [-0.2, 0) is 23.8 Å². The van der Waals surface area contributed by atoms with Crippen molar-refractivity contribution in [3.63, 3.8) is 0 Å². The van der Waals surface area contributed by atoms with Gasteiger partial charge in [-0.05, 0) is 60.7 Å². The van der Waals surface area contributed by atoms with Crippen LogP contribution in [0.1, 0.15) is 92.4 Å². The molecule has 6 rings (SSSR count). The van der Waals surface area contributed by atoms with E-state index in [9.17, 15) is 9.59 Å². The molecule has 2 aliphatic heterocycles. The maximum absolute atomic E-state index is 14.1. The van der Waals surface area contributed by atoms with Crippen molar-refractivity contribution in [1.82, 2.24) is 0 Å². The molecule has 190 valence electrons. The number of ether oxygens (including phenoxy) is 3. The van der Waals surface area contributed by atoms with Gasteiger partial charge in [0.2, 0.25) is 0 Å². The van der Waals surface area contributed by atoms with Crippen LogP contribution < -0.4 is 0 Å². The Kier molecular flexibility index (Phi) is 5.37. The minimum Gasteiger partial charge on any atom is -0.459 e. The third kappa shape index (κ3) is 3.04. The van der Waals surface area contributed by atoms with E-state index in [-0.39, 0.29) is 52.7 Å². The van der Waals surface area contributed by atoms with Crippen LogP contribution in [0.4, 0.5) is 0 Å². The van der Waals surface area contributed by atoms with Crippen molar-refractivity contribution in [2.24, 2.45) is 52.3 Å². The molecular formula is C29H44O5. The standard InChI is InChI=1S/C29H44O5/c1-16-11-13-29(32-15-16)17(2)22-26(34-29)25(33-18(3)30)24-20-10-9-19-8-6-7-12-27(19,4)23(20)21(31)14-28(22,24)5/h16-17,19-20,22-26H,6-15H2,1-5H3/t16-,17+,19?,20-,22+,23-,24-,25?,26-,27+,28-,29-/m1/s1. The molecule has 5 heteroatoms. The summed E-state index contributed by atoms with van der Waals surface area (Å²) in [6, 6.07) is 0. The zero-order valence-electron chi connectivity index (χ0n) is 21.8. The van der Waals surface area contributed by atoms with Gasteiger partial charge in [-0.25, -0.2) is 0 Å². The van der Waals surface area contributed by atoms with Gasteiger partial charge in [0, 0.05) is 43.4 Å². The fourth-order valence-electron chi connectivity index (χ4n) is 10.5.